The number of thiophene rings is 1. The van der Waals surface area contributed by atoms with Gasteiger partial charge >= 0.3 is 11.9 Å². The van der Waals surface area contributed by atoms with Gasteiger partial charge in [0.25, 0.3) is 5.91 Å². The Morgan fingerprint density at radius 3 is 2.31 bits per heavy atom. The highest BCUT2D eigenvalue weighted by molar-refractivity contribution is 7.17. The first-order valence-corrected chi connectivity index (χ1v) is 9.71. The molecule has 0 bridgehead atoms. The van der Waals surface area contributed by atoms with Crippen LogP contribution in [-0.4, -0.2) is 45.8 Å². The lowest BCUT2D eigenvalue weighted by molar-refractivity contribution is -0.119. The Morgan fingerprint density at radius 1 is 1.00 bits per heavy atom. The van der Waals surface area contributed by atoms with E-state index in [1.807, 2.05) is 0 Å². The van der Waals surface area contributed by atoms with Crippen LogP contribution in [0, 0.1) is 0 Å². The second kappa shape index (κ2) is 8.95. The number of carbonyl (C=O) groups is 3. The Morgan fingerprint density at radius 2 is 1.69 bits per heavy atom. The second-order valence-electron chi connectivity index (χ2n) is 6.28. The van der Waals surface area contributed by atoms with E-state index in [0.717, 1.165) is 29.7 Å². The predicted octanol–water partition coefficient (Wildman–Crippen LogP) is 2.84. The van der Waals surface area contributed by atoms with Crippen LogP contribution in [0.15, 0.2) is 18.2 Å². The second-order valence-corrected chi connectivity index (χ2v) is 7.38. The summed E-state index contributed by atoms with van der Waals surface area (Å²) >= 11 is 1.35. The van der Waals surface area contributed by atoms with Gasteiger partial charge in [-0.3, -0.25) is 4.79 Å². The number of anilines is 1. The number of carbonyl (C=O) groups excluding carboxylic acids is 3. The van der Waals surface area contributed by atoms with Gasteiger partial charge in [-0.2, -0.15) is 0 Å². The quantitative estimate of drug-likeness (QED) is 0.689. The van der Waals surface area contributed by atoms with E-state index in [0.29, 0.717) is 22.1 Å². The number of hydrogen-bond acceptors (Lipinski definition) is 8. The van der Waals surface area contributed by atoms with E-state index in [1.54, 1.807) is 6.07 Å². The lowest BCUT2D eigenvalue weighted by Crippen LogP contribution is -2.21. The fourth-order valence-corrected chi connectivity index (χ4v) is 4.41. The molecule has 0 fully saturated rings. The molecule has 2 aromatic rings. The maximum Gasteiger partial charge on any atom is 0.341 e. The van der Waals surface area contributed by atoms with Crippen molar-refractivity contribution in [1.82, 2.24) is 0 Å². The van der Waals surface area contributed by atoms with E-state index in [-0.39, 0.29) is 5.56 Å². The topological polar surface area (TPSA) is 100 Å². The molecule has 3 rings (SSSR count). The number of methoxy groups -OCH3 is 3. The van der Waals surface area contributed by atoms with Crippen molar-refractivity contribution in [1.29, 1.82) is 0 Å². The first-order chi connectivity index (χ1) is 14.0. The molecule has 1 N–H and O–H groups in total. The molecule has 0 saturated carbocycles. The number of amides is 1. The molecule has 0 aliphatic heterocycles. The number of benzene rings is 1. The standard InChI is InChI=1S/C20H21NO7S/c1-25-12-7-11(8-13(9-12)26-2)19(23)28-10-16(22)21-18-17(20(24)27-3)14-5-4-6-15(14)29-18/h7-9H,4-6,10H2,1-3H3,(H,21,22). The first-order valence-electron chi connectivity index (χ1n) is 8.89. The van der Waals surface area contributed by atoms with Crippen LogP contribution < -0.4 is 14.8 Å². The summed E-state index contributed by atoms with van der Waals surface area (Å²) < 4.78 is 20.2. The minimum atomic E-state index is -0.695. The molecule has 0 saturated heterocycles. The average molecular weight is 419 g/mol. The SMILES string of the molecule is COC(=O)c1c(NC(=O)COC(=O)c2cc(OC)cc(OC)c2)sc2c1CCC2. The van der Waals surface area contributed by atoms with Crippen molar-refractivity contribution >= 4 is 34.2 Å². The molecule has 9 heteroatoms. The summed E-state index contributed by atoms with van der Waals surface area (Å²) in [5.41, 5.74) is 1.51. The molecule has 1 amide bonds. The largest absolute Gasteiger partial charge is 0.497 e. The average Bonchev–Trinajstić information content (AvgIpc) is 3.31. The summed E-state index contributed by atoms with van der Waals surface area (Å²) in [7, 11) is 4.24. The molecule has 0 spiro atoms. The summed E-state index contributed by atoms with van der Waals surface area (Å²) in [5, 5.41) is 3.08. The number of rotatable bonds is 7. The van der Waals surface area contributed by atoms with Crippen LogP contribution in [0.4, 0.5) is 5.00 Å². The number of aryl methyl sites for hydroxylation is 1. The van der Waals surface area contributed by atoms with Gasteiger partial charge < -0.3 is 24.3 Å². The maximum atomic E-state index is 12.3. The normalized spacial score (nSPS) is 12.1. The van der Waals surface area contributed by atoms with E-state index < -0.39 is 24.5 Å². The van der Waals surface area contributed by atoms with Crippen LogP contribution in [0.2, 0.25) is 0 Å². The smallest absolute Gasteiger partial charge is 0.341 e. The van der Waals surface area contributed by atoms with Gasteiger partial charge in [0, 0.05) is 10.9 Å². The van der Waals surface area contributed by atoms with Gasteiger partial charge in [0.05, 0.1) is 32.5 Å². The minimum absolute atomic E-state index is 0.194. The van der Waals surface area contributed by atoms with Gasteiger partial charge in [-0.25, -0.2) is 9.59 Å². The van der Waals surface area contributed by atoms with Gasteiger partial charge in [-0.05, 0) is 37.0 Å². The van der Waals surface area contributed by atoms with Crippen LogP contribution in [0.25, 0.3) is 0 Å². The van der Waals surface area contributed by atoms with Crippen LogP contribution in [-0.2, 0) is 27.1 Å². The molecule has 29 heavy (non-hydrogen) atoms. The van der Waals surface area contributed by atoms with Gasteiger partial charge in [-0.1, -0.05) is 0 Å². The van der Waals surface area contributed by atoms with Crippen molar-refractivity contribution in [3.63, 3.8) is 0 Å². The molecule has 0 radical (unpaired) electrons. The van der Waals surface area contributed by atoms with Crippen molar-refractivity contribution in [3.05, 3.63) is 39.8 Å². The van der Waals surface area contributed by atoms with Gasteiger partial charge in [0.1, 0.15) is 16.5 Å². The predicted molar refractivity (Wildman–Crippen MR) is 106 cm³/mol. The van der Waals surface area contributed by atoms with E-state index in [2.05, 4.69) is 5.32 Å². The van der Waals surface area contributed by atoms with Crippen LogP contribution in [0.5, 0.6) is 11.5 Å². The van der Waals surface area contributed by atoms with E-state index >= 15 is 0 Å². The third-order valence-electron chi connectivity index (χ3n) is 4.49. The zero-order chi connectivity index (χ0) is 21.0. The highest BCUT2D eigenvalue weighted by Gasteiger charge is 2.28. The van der Waals surface area contributed by atoms with Crippen LogP contribution in [0.3, 0.4) is 0 Å². The Balaban J connectivity index is 1.67. The Bertz CT molecular complexity index is 928. The summed E-state index contributed by atoms with van der Waals surface area (Å²) in [6.45, 7) is -0.498. The molecular weight excluding hydrogens is 398 g/mol. The fraction of sp³-hybridized carbons (Fsp3) is 0.350. The van der Waals surface area contributed by atoms with Gasteiger partial charge in [-0.15, -0.1) is 11.3 Å². The van der Waals surface area contributed by atoms with E-state index in [9.17, 15) is 14.4 Å². The van der Waals surface area contributed by atoms with Crippen molar-refractivity contribution < 1.29 is 33.3 Å². The van der Waals surface area contributed by atoms with E-state index in [1.165, 1.54) is 44.8 Å². The van der Waals surface area contributed by atoms with Crippen molar-refractivity contribution in [3.8, 4) is 11.5 Å². The van der Waals surface area contributed by atoms with Crippen molar-refractivity contribution in [2.24, 2.45) is 0 Å². The summed E-state index contributed by atoms with van der Waals surface area (Å²) in [5.74, 6) is -0.870. The van der Waals surface area contributed by atoms with Crippen molar-refractivity contribution in [2.75, 3.05) is 33.3 Å². The fourth-order valence-electron chi connectivity index (χ4n) is 3.11. The third kappa shape index (κ3) is 4.51. The van der Waals surface area contributed by atoms with Gasteiger partial charge in [0.2, 0.25) is 0 Å². The Hall–Kier alpha value is -3.07. The Labute approximate surface area is 171 Å². The van der Waals surface area contributed by atoms with Crippen LogP contribution >= 0.6 is 11.3 Å². The zero-order valence-electron chi connectivity index (χ0n) is 16.3. The minimum Gasteiger partial charge on any atom is -0.497 e. The number of esters is 2. The molecule has 1 aromatic carbocycles. The van der Waals surface area contributed by atoms with E-state index in [4.69, 9.17) is 18.9 Å². The highest BCUT2D eigenvalue weighted by Crippen LogP contribution is 2.39. The summed E-state index contributed by atoms with van der Waals surface area (Å²) in [6, 6.07) is 4.59. The third-order valence-corrected chi connectivity index (χ3v) is 5.69. The molecule has 0 unspecified atom stereocenters. The lowest BCUT2D eigenvalue weighted by atomic mass is 10.1. The summed E-state index contributed by atoms with van der Waals surface area (Å²) in [4.78, 5) is 37.8. The molecule has 1 aliphatic rings. The molecule has 1 aromatic heterocycles. The molecule has 1 heterocycles. The van der Waals surface area contributed by atoms with Crippen LogP contribution in [0.1, 0.15) is 37.6 Å². The summed E-state index contributed by atoms with van der Waals surface area (Å²) in [6.07, 6.45) is 2.62. The zero-order valence-corrected chi connectivity index (χ0v) is 17.1. The Kier molecular flexibility index (Phi) is 6.38. The molecule has 8 nitrogen and oxygen atoms in total. The highest BCUT2D eigenvalue weighted by atomic mass is 32.1. The molecule has 0 atom stereocenters. The molecular formula is C20H21NO7S. The first kappa shape index (κ1) is 20.7. The number of hydrogen-bond donors (Lipinski definition) is 1. The lowest BCUT2D eigenvalue weighted by Gasteiger charge is -2.09. The number of fused-ring (bicyclic) bond motifs is 1. The molecule has 154 valence electrons. The van der Waals surface area contributed by atoms with Gasteiger partial charge in [0.15, 0.2) is 6.61 Å². The maximum absolute atomic E-state index is 12.3. The number of ether oxygens (including phenoxy) is 4. The molecule has 1 aliphatic carbocycles. The monoisotopic (exact) mass is 419 g/mol. The number of nitrogens with one attached hydrogen (secondary N) is 1. The van der Waals surface area contributed by atoms with Crippen molar-refractivity contribution in [2.45, 2.75) is 19.3 Å².